The van der Waals surface area contributed by atoms with E-state index in [-0.39, 0.29) is 17.7 Å². The number of anilines is 1. The molecule has 0 fully saturated rings. The third-order valence-electron chi connectivity index (χ3n) is 2.55. The molecule has 1 unspecified atom stereocenters. The first-order chi connectivity index (χ1) is 9.85. The van der Waals surface area contributed by atoms with Gasteiger partial charge in [0, 0.05) is 11.8 Å². The number of carbonyl (C=O) groups is 3. The Bertz CT molecular complexity index is 555. The van der Waals surface area contributed by atoms with Gasteiger partial charge in [0.15, 0.2) is 0 Å². The van der Waals surface area contributed by atoms with E-state index < -0.39 is 29.9 Å². The second kappa shape index (κ2) is 7.13. The number of carboxylic acids is 2. The first-order valence-corrected chi connectivity index (χ1v) is 6.12. The molecule has 4 N–H and O–H groups in total. The van der Waals surface area contributed by atoms with Crippen molar-refractivity contribution in [3.63, 3.8) is 0 Å². The van der Waals surface area contributed by atoms with Gasteiger partial charge in [0.05, 0.1) is 0 Å². The lowest BCUT2D eigenvalue weighted by atomic mass is 10.2. The van der Waals surface area contributed by atoms with E-state index in [0.717, 1.165) is 12.1 Å². The summed E-state index contributed by atoms with van der Waals surface area (Å²) in [4.78, 5) is 33.1. The van der Waals surface area contributed by atoms with Crippen molar-refractivity contribution < 1.29 is 34.4 Å². The van der Waals surface area contributed by atoms with E-state index in [1.165, 1.54) is 6.07 Å². The first kappa shape index (κ1) is 16.3. The molecule has 1 rings (SSSR count). The zero-order valence-corrected chi connectivity index (χ0v) is 11.2. The highest BCUT2D eigenvalue weighted by molar-refractivity contribution is 5.93. The molecule has 0 saturated carbocycles. The van der Waals surface area contributed by atoms with Crippen LogP contribution >= 0.6 is 0 Å². The SMILES string of the molecule is CCCC(OC(=O)Nc1ccc(C(=O)O)c(O)c1)C(=O)O. The fourth-order valence-electron chi connectivity index (χ4n) is 1.56. The van der Waals surface area contributed by atoms with Gasteiger partial charge in [-0.2, -0.15) is 0 Å². The maximum absolute atomic E-state index is 11.5. The van der Waals surface area contributed by atoms with Crippen LogP contribution in [0.1, 0.15) is 30.1 Å². The van der Waals surface area contributed by atoms with E-state index in [2.05, 4.69) is 5.32 Å². The average molecular weight is 297 g/mol. The molecule has 1 aromatic rings. The number of benzene rings is 1. The molecule has 0 aromatic heterocycles. The van der Waals surface area contributed by atoms with Crippen LogP contribution in [-0.2, 0) is 9.53 Å². The molecular weight excluding hydrogens is 282 g/mol. The number of amides is 1. The summed E-state index contributed by atoms with van der Waals surface area (Å²) in [5.41, 5.74) is -0.230. The monoisotopic (exact) mass is 297 g/mol. The fraction of sp³-hybridized carbons (Fsp3) is 0.308. The van der Waals surface area contributed by atoms with Gasteiger partial charge in [-0.05, 0) is 18.6 Å². The van der Waals surface area contributed by atoms with Crippen LogP contribution in [0.25, 0.3) is 0 Å². The highest BCUT2D eigenvalue weighted by Gasteiger charge is 2.21. The Balaban J connectivity index is 2.72. The molecule has 1 amide bonds. The smallest absolute Gasteiger partial charge is 0.412 e. The number of carboxylic acid groups (broad SMARTS) is 2. The minimum absolute atomic E-state index is 0.0862. The van der Waals surface area contributed by atoms with Gasteiger partial charge < -0.3 is 20.1 Å². The first-order valence-electron chi connectivity index (χ1n) is 6.12. The van der Waals surface area contributed by atoms with Crippen LogP contribution in [0.2, 0.25) is 0 Å². The number of aromatic hydroxyl groups is 1. The summed E-state index contributed by atoms with van der Waals surface area (Å²) >= 11 is 0. The molecule has 0 aliphatic heterocycles. The molecule has 1 atom stereocenters. The summed E-state index contributed by atoms with van der Waals surface area (Å²) < 4.78 is 4.73. The van der Waals surface area contributed by atoms with Crippen molar-refractivity contribution in [2.24, 2.45) is 0 Å². The zero-order chi connectivity index (χ0) is 16.0. The molecule has 8 nitrogen and oxygen atoms in total. The van der Waals surface area contributed by atoms with E-state index in [1.807, 2.05) is 0 Å². The predicted molar refractivity (Wildman–Crippen MR) is 71.5 cm³/mol. The Labute approximate surface area is 120 Å². The van der Waals surface area contributed by atoms with Crippen LogP contribution < -0.4 is 5.32 Å². The minimum atomic E-state index is -1.31. The Morgan fingerprint density at radius 3 is 2.43 bits per heavy atom. The molecule has 0 aliphatic carbocycles. The molecule has 0 radical (unpaired) electrons. The molecule has 1 aromatic carbocycles. The molecule has 21 heavy (non-hydrogen) atoms. The number of aliphatic carboxylic acids is 1. The van der Waals surface area contributed by atoms with E-state index in [9.17, 15) is 19.5 Å². The van der Waals surface area contributed by atoms with E-state index in [4.69, 9.17) is 14.9 Å². The molecule has 0 aliphatic rings. The summed E-state index contributed by atoms with van der Waals surface area (Å²) in [6.45, 7) is 1.75. The lowest BCUT2D eigenvalue weighted by Crippen LogP contribution is -2.29. The van der Waals surface area contributed by atoms with Crippen LogP contribution in [-0.4, -0.2) is 39.5 Å². The van der Waals surface area contributed by atoms with Crippen LogP contribution in [0, 0.1) is 0 Å². The third-order valence-corrected chi connectivity index (χ3v) is 2.55. The van der Waals surface area contributed by atoms with Crippen LogP contribution in [0.3, 0.4) is 0 Å². The fourth-order valence-corrected chi connectivity index (χ4v) is 1.56. The number of ether oxygens (including phenoxy) is 1. The van der Waals surface area contributed by atoms with Crippen molar-refractivity contribution >= 4 is 23.7 Å². The number of hydrogen-bond acceptors (Lipinski definition) is 5. The van der Waals surface area contributed by atoms with Crippen molar-refractivity contribution in [3.05, 3.63) is 23.8 Å². The summed E-state index contributed by atoms with van der Waals surface area (Å²) in [5, 5.41) is 29.3. The van der Waals surface area contributed by atoms with Crippen LogP contribution in [0.5, 0.6) is 5.75 Å². The quantitative estimate of drug-likeness (QED) is 0.630. The topological polar surface area (TPSA) is 133 Å². The normalized spacial score (nSPS) is 11.5. The number of nitrogens with one attached hydrogen (secondary N) is 1. The number of phenols is 1. The Morgan fingerprint density at radius 1 is 1.29 bits per heavy atom. The highest BCUT2D eigenvalue weighted by atomic mass is 16.6. The average Bonchev–Trinajstić information content (AvgIpc) is 2.37. The second-order valence-corrected chi connectivity index (χ2v) is 4.18. The number of aromatic carboxylic acids is 1. The van der Waals surface area contributed by atoms with Gasteiger partial charge in [-0.25, -0.2) is 14.4 Å². The molecule has 0 saturated heterocycles. The van der Waals surface area contributed by atoms with Crippen molar-refractivity contribution in [1.82, 2.24) is 0 Å². The van der Waals surface area contributed by atoms with Gasteiger partial charge in [-0.3, -0.25) is 5.32 Å². The standard InChI is InChI=1S/C13H15NO7/c1-2-3-10(12(18)19)21-13(20)14-7-4-5-8(11(16)17)9(15)6-7/h4-6,10,15H,2-3H2,1H3,(H,14,20)(H,16,17)(H,18,19). The van der Waals surface area contributed by atoms with E-state index in [0.29, 0.717) is 6.42 Å². The molecule has 8 heteroatoms. The second-order valence-electron chi connectivity index (χ2n) is 4.18. The lowest BCUT2D eigenvalue weighted by molar-refractivity contribution is -0.146. The lowest BCUT2D eigenvalue weighted by Gasteiger charge is -2.13. The largest absolute Gasteiger partial charge is 0.507 e. The predicted octanol–water partition coefficient (Wildman–Crippen LogP) is 1.89. The van der Waals surface area contributed by atoms with E-state index in [1.54, 1.807) is 6.92 Å². The summed E-state index contributed by atoms with van der Waals surface area (Å²) in [7, 11) is 0. The molecular formula is C13H15NO7. The van der Waals surface area contributed by atoms with E-state index >= 15 is 0 Å². The zero-order valence-electron chi connectivity index (χ0n) is 11.2. The van der Waals surface area contributed by atoms with Crippen LogP contribution in [0.4, 0.5) is 10.5 Å². The third kappa shape index (κ3) is 4.68. The Kier molecular flexibility index (Phi) is 5.53. The minimum Gasteiger partial charge on any atom is -0.507 e. The maximum atomic E-state index is 11.5. The van der Waals surface area contributed by atoms with Crippen molar-refractivity contribution in [2.75, 3.05) is 5.32 Å². The van der Waals surface area contributed by atoms with Crippen LogP contribution in [0.15, 0.2) is 18.2 Å². The number of carbonyl (C=O) groups excluding carboxylic acids is 1. The van der Waals surface area contributed by atoms with Crippen molar-refractivity contribution in [3.8, 4) is 5.75 Å². The molecule has 114 valence electrons. The summed E-state index contributed by atoms with van der Waals surface area (Å²) in [6.07, 6.45) is -1.56. The Hall–Kier alpha value is -2.77. The summed E-state index contributed by atoms with van der Waals surface area (Å²) in [5.74, 6) is -3.09. The van der Waals surface area contributed by atoms with Crippen molar-refractivity contribution in [2.45, 2.75) is 25.9 Å². The number of rotatable bonds is 6. The van der Waals surface area contributed by atoms with Crippen molar-refractivity contribution in [1.29, 1.82) is 0 Å². The highest BCUT2D eigenvalue weighted by Crippen LogP contribution is 2.22. The molecule has 0 bridgehead atoms. The number of hydrogen-bond donors (Lipinski definition) is 4. The van der Waals surface area contributed by atoms with Gasteiger partial charge in [0.1, 0.15) is 11.3 Å². The van der Waals surface area contributed by atoms with Gasteiger partial charge in [-0.1, -0.05) is 13.3 Å². The van der Waals surface area contributed by atoms with Gasteiger partial charge in [0.2, 0.25) is 6.10 Å². The van der Waals surface area contributed by atoms with Gasteiger partial charge >= 0.3 is 18.0 Å². The van der Waals surface area contributed by atoms with Gasteiger partial charge in [-0.15, -0.1) is 0 Å². The molecule has 0 spiro atoms. The maximum Gasteiger partial charge on any atom is 0.412 e. The van der Waals surface area contributed by atoms with Gasteiger partial charge in [0.25, 0.3) is 0 Å². The Morgan fingerprint density at radius 2 is 1.95 bits per heavy atom. The molecule has 0 heterocycles. The summed E-state index contributed by atoms with van der Waals surface area (Å²) in [6, 6.07) is 3.38.